The van der Waals surface area contributed by atoms with Crippen LogP contribution in [0.1, 0.15) is 39.0 Å². The molecule has 1 saturated heterocycles. The second kappa shape index (κ2) is 7.36. The number of benzene rings is 1. The first-order valence-electron chi connectivity index (χ1n) is 9.03. The van der Waals surface area contributed by atoms with Crippen molar-refractivity contribution >= 4 is 5.69 Å². The molecule has 122 valence electrons. The minimum absolute atomic E-state index is 0.926. The molecule has 0 bridgehead atoms. The second-order valence-electron chi connectivity index (χ2n) is 6.97. The number of hydrogen-bond acceptors (Lipinski definition) is 2. The minimum atomic E-state index is 0.926. The van der Waals surface area contributed by atoms with Gasteiger partial charge in [0.15, 0.2) is 0 Å². The Kier molecular flexibility index (Phi) is 5.24. The smallest absolute Gasteiger partial charge is 0.120 e. The molecule has 1 aliphatic carbocycles. The third-order valence-corrected chi connectivity index (χ3v) is 5.83. The molecule has 1 aromatic carbocycles. The van der Waals surface area contributed by atoms with Crippen molar-refractivity contribution < 1.29 is 9.64 Å². The standard InChI is InChI=1S/C19H30N2O/c1-3-16-7-9-17(10-8-16)20-11-13-21(14-12-20)18-5-4-6-19(15-18)22-2/h4-6,15-17H,3,7-14H2,1-2H3/p+1. The third kappa shape index (κ3) is 3.57. The van der Waals surface area contributed by atoms with Crippen molar-refractivity contribution in [1.29, 1.82) is 0 Å². The Hall–Kier alpha value is -1.22. The largest absolute Gasteiger partial charge is 0.497 e. The molecule has 2 aliphatic rings. The Labute approximate surface area is 135 Å². The van der Waals surface area contributed by atoms with Crippen LogP contribution in [0.2, 0.25) is 0 Å². The summed E-state index contributed by atoms with van der Waals surface area (Å²) in [6.45, 7) is 7.29. The Morgan fingerprint density at radius 1 is 1.14 bits per heavy atom. The lowest BCUT2D eigenvalue weighted by Crippen LogP contribution is -3.18. The molecule has 3 nitrogen and oxygen atoms in total. The number of anilines is 1. The molecule has 1 heterocycles. The van der Waals surface area contributed by atoms with Gasteiger partial charge in [0.1, 0.15) is 5.75 Å². The zero-order chi connectivity index (χ0) is 15.4. The van der Waals surface area contributed by atoms with Crippen LogP contribution < -0.4 is 14.5 Å². The molecular weight excluding hydrogens is 272 g/mol. The molecule has 3 heteroatoms. The minimum Gasteiger partial charge on any atom is -0.497 e. The maximum atomic E-state index is 5.35. The maximum Gasteiger partial charge on any atom is 0.120 e. The van der Waals surface area contributed by atoms with Crippen LogP contribution >= 0.6 is 0 Å². The number of quaternary nitrogens is 1. The van der Waals surface area contributed by atoms with Crippen LogP contribution in [-0.2, 0) is 0 Å². The molecular formula is C19H31N2O+. The highest BCUT2D eigenvalue weighted by Gasteiger charge is 2.30. The van der Waals surface area contributed by atoms with E-state index in [1.54, 1.807) is 7.11 Å². The van der Waals surface area contributed by atoms with Gasteiger partial charge in [-0.1, -0.05) is 19.4 Å². The lowest BCUT2D eigenvalue weighted by atomic mass is 9.84. The lowest BCUT2D eigenvalue weighted by molar-refractivity contribution is -0.927. The summed E-state index contributed by atoms with van der Waals surface area (Å²) < 4.78 is 5.35. The van der Waals surface area contributed by atoms with Crippen LogP contribution in [0.5, 0.6) is 5.75 Å². The fourth-order valence-corrected chi connectivity index (χ4v) is 4.25. The van der Waals surface area contributed by atoms with Crippen molar-refractivity contribution in [2.75, 3.05) is 38.2 Å². The number of nitrogens with zero attached hydrogens (tertiary/aromatic N) is 1. The quantitative estimate of drug-likeness (QED) is 0.920. The van der Waals surface area contributed by atoms with Crippen molar-refractivity contribution in [1.82, 2.24) is 0 Å². The molecule has 0 radical (unpaired) electrons. The van der Waals surface area contributed by atoms with E-state index in [0.717, 1.165) is 17.7 Å². The molecule has 0 unspecified atom stereocenters. The van der Waals surface area contributed by atoms with Crippen LogP contribution in [0, 0.1) is 5.92 Å². The van der Waals surface area contributed by atoms with Gasteiger partial charge in [0.25, 0.3) is 0 Å². The molecule has 1 aliphatic heterocycles. The van der Waals surface area contributed by atoms with Crippen LogP contribution in [0.3, 0.4) is 0 Å². The summed E-state index contributed by atoms with van der Waals surface area (Å²) in [4.78, 5) is 4.37. The summed E-state index contributed by atoms with van der Waals surface area (Å²) in [6.07, 6.45) is 7.21. The molecule has 1 N–H and O–H groups in total. The fourth-order valence-electron chi connectivity index (χ4n) is 4.25. The SMILES string of the molecule is CCC1CCC([NH+]2CCN(c3cccc(OC)c3)CC2)CC1. The van der Waals surface area contributed by atoms with E-state index in [0.29, 0.717) is 0 Å². The molecule has 1 aromatic rings. The number of hydrogen-bond donors (Lipinski definition) is 1. The third-order valence-electron chi connectivity index (χ3n) is 5.83. The van der Waals surface area contributed by atoms with E-state index < -0.39 is 0 Å². The highest BCUT2D eigenvalue weighted by atomic mass is 16.5. The van der Waals surface area contributed by atoms with Crippen molar-refractivity contribution in [3.63, 3.8) is 0 Å². The van der Waals surface area contributed by atoms with Gasteiger partial charge in [0.05, 0.1) is 39.3 Å². The number of rotatable bonds is 4. The molecule has 0 aromatic heterocycles. The van der Waals surface area contributed by atoms with E-state index in [-0.39, 0.29) is 0 Å². The first kappa shape index (κ1) is 15.7. The number of nitrogens with one attached hydrogen (secondary N) is 1. The van der Waals surface area contributed by atoms with Crippen molar-refractivity contribution in [2.45, 2.75) is 45.1 Å². The molecule has 2 fully saturated rings. The normalized spacial score (nSPS) is 26.9. The highest BCUT2D eigenvalue weighted by molar-refractivity contribution is 5.50. The predicted molar refractivity (Wildman–Crippen MR) is 91.9 cm³/mol. The highest BCUT2D eigenvalue weighted by Crippen LogP contribution is 2.26. The zero-order valence-electron chi connectivity index (χ0n) is 14.2. The Balaban J connectivity index is 1.52. The van der Waals surface area contributed by atoms with Crippen LogP contribution in [0.25, 0.3) is 0 Å². The van der Waals surface area contributed by atoms with E-state index in [1.165, 1.54) is 64.0 Å². The monoisotopic (exact) mass is 303 g/mol. The molecule has 0 spiro atoms. The van der Waals surface area contributed by atoms with Gasteiger partial charge < -0.3 is 14.5 Å². The molecule has 0 amide bonds. The molecule has 22 heavy (non-hydrogen) atoms. The van der Waals surface area contributed by atoms with Crippen molar-refractivity contribution in [2.24, 2.45) is 5.92 Å². The van der Waals surface area contributed by atoms with Crippen LogP contribution in [0.4, 0.5) is 5.69 Å². The summed E-state index contributed by atoms with van der Waals surface area (Å²) >= 11 is 0. The fraction of sp³-hybridized carbons (Fsp3) is 0.684. The average molecular weight is 303 g/mol. The first-order chi connectivity index (χ1) is 10.8. The number of methoxy groups -OCH3 is 1. The maximum absolute atomic E-state index is 5.35. The summed E-state index contributed by atoms with van der Waals surface area (Å²) in [5.74, 6) is 1.97. The Bertz CT molecular complexity index is 460. The van der Waals surface area contributed by atoms with Gasteiger partial charge in [0.2, 0.25) is 0 Å². The van der Waals surface area contributed by atoms with E-state index >= 15 is 0 Å². The van der Waals surface area contributed by atoms with Gasteiger partial charge >= 0.3 is 0 Å². The van der Waals surface area contributed by atoms with Gasteiger partial charge in [-0.2, -0.15) is 0 Å². The van der Waals surface area contributed by atoms with Gasteiger partial charge in [-0.3, -0.25) is 0 Å². The van der Waals surface area contributed by atoms with E-state index in [4.69, 9.17) is 4.74 Å². The van der Waals surface area contributed by atoms with Gasteiger partial charge in [-0.05, 0) is 43.7 Å². The molecule has 1 saturated carbocycles. The van der Waals surface area contributed by atoms with E-state index in [9.17, 15) is 0 Å². The van der Waals surface area contributed by atoms with Crippen LogP contribution in [-0.4, -0.2) is 39.3 Å². The Morgan fingerprint density at radius 2 is 1.86 bits per heavy atom. The topological polar surface area (TPSA) is 16.9 Å². The number of ether oxygens (including phenoxy) is 1. The first-order valence-corrected chi connectivity index (χ1v) is 9.03. The zero-order valence-corrected chi connectivity index (χ0v) is 14.2. The lowest BCUT2D eigenvalue weighted by Gasteiger charge is -2.40. The van der Waals surface area contributed by atoms with E-state index in [2.05, 4.69) is 30.0 Å². The number of piperazine rings is 1. The van der Waals surface area contributed by atoms with Gasteiger partial charge in [0, 0.05) is 11.8 Å². The van der Waals surface area contributed by atoms with Crippen molar-refractivity contribution in [3.8, 4) is 5.75 Å². The summed E-state index contributed by atoms with van der Waals surface area (Å²) in [5, 5.41) is 0. The summed E-state index contributed by atoms with van der Waals surface area (Å²) in [5.41, 5.74) is 1.31. The molecule has 3 rings (SSSR count). The average Bonchev–Trinajstić information content (AvgIpc) is 2.62. The van der Waals surface area contributed by atoms with Crippen molar-refractivity contribution in [3.05, 3.63) is 24.3 Å². The predicted octanol–water partition coefficient (Wildman–Crippen LogP) is 2.37. The summed E-state index contributed by atoms with van der Waals surface area (Å²) in [6, 6.07) is 9.42. The van der Waals surface area contributed by atoms with Gasteiger partial charge in [-0.25, -0.2) is 0 Å². The van der Waals surface area contributed by atoms with Gasteiger partial charge in [-0.15, -0.1) is 0 Å². The second-order valence-corrected chi connectivity index (χ2v) is 6.97. The Morgan fingerprint density at radius 3 is 2.50 bits per heavy atom. The van der Waals surface area contributed by atoms with Crippen LogP contribution in [0.15, 0.2) is 24.3 Å². The van der Waals surface area contributed by atoms with E-state index in [1.807, 2.05) is 11.0 Å². The summed E-state index contributed by atoms with van der Waals surface area (Å²) in [7, 11) is 1.74. The molecule has 0 atom stereocenters.